The predicted octanol–water partition coefficient (Wildman–Crippen LogP) is 3.62. The molecule has 1 N–H and O–H groups in total. The minimum atomic E-state index is 0.544. The molecular weight excluding hydrogens is 222 g/mol. The summed E-state index contributed by atoms with van der Waals surface area (Å²) < 4.78 is 0. The van der Waals surface area contributed by atoms with Crippen molar-refractivity contribution in [1.82, 2.24) is 9.97 Å². The lowest BCUT2D eigenvalue weighted by Crippen LogP contribution is -2.16. The van der Waals surface area contributed by atoms with Crippen molar-refractivity contribution in [2.45, 2.75) is 32.6 Å². The molecule has 3 heteroatoms. The highest BCUT2D eigenvalue weighted by Gasteiger charge is 2.41. The van der Waals surface area contributed by atoms with Gasteiger partial charge in [0.05, 0.1) is 17.2 Å². The number of fused-ring (bicyclic) bond motifs is 1. The van der Waals surface area contributed by atoms with Crippen LogP contribution in [0.25, 0.3) is 11.0 Å². The van der Waals surface area contributed by atoms with Gasteiger partial charge in [-0.2, -0.15) is 0 Å². The largest absolute Gasteiger partial charge is 0.368 e. The van der Waals surface area contributed by atoms with E-state index >= 15 is 0 Å². The second kappa shape index (κ2) is 4.56. The summed E-state index contributed by atoms with van der Waals surface area (Å²) in [7, 11) is 0. The molecule has 0 amide bonds. The Morgan fingerprint density at radius 1 is 1.22 bits per heavy atom. The SMILES string of the molecule is CCCC1(CNc2cnc3ccccc3n2)CC1. The van der Waals surface area contributed by atoms with E-state index in [4.69, 9.17) is 0 Å². The first kappa shape index (κ1) is 11.5. The van der Waals surface area contributed by atoms with Crippen molar-refractivity contribution in [2.75, 3.05) is 11.9 Å². The van der Waals surface area contributed by atoms with Crippen LogP contribution in [0.4, 0.5) is 5.82 Å². The first-order valence-electron chi connectivity index (χ1n) is 6.77. The maximum absolute atomic E-state index is 4.59. The van der Waals surface area contributed by atoms with Crippen LogP contribution in [0.2, 0.25) is 0 Å². The Bertz CT molecular complexity index is 546. The number of anilines is 1. The molecule has 0 unspecified atom stereocenters. The van der Waals surface area contributed by atoms with Gasteiger partial charge in [0, 0.05) is 6.54 Å². The Balaban J connectivity index is 1.71. The number of hydrogen-bond acceptors (Lipinski definition) is 3. The summed E-state index contributed by atoms with van der Waals surface area (Å²) >= 11 is 0. The lowest BCUT2D eigenvalue weighted by Gasteiger charge is -2.15. The zero-order valence-corrected chi connectivity index (χ0v) is 10.8. The van der Waals surface area contributed by atoms with Crippen LogP contribution in [0.5, 0.6) is 0 Å². The van der Waals surface area contributed by atoms with Crippen molar-refractivity contribution in [3.05, 3.63) is 30.5 Å². The van der Waals surface area contributed by atoms with Crippen LogP contribution in [0.15, 0.2) is 30.5 Å². The van der Waals surface area contributed by atoms with E-state index in [1.807, 2.05) is 30.5 Å². The molecule has 2 aromatic rings. The van der Waals surface area contributed by atoms with Gasteiger partial charge in [-0.15, -0.1) is 0 Å². The van der Waals surface area contributed by atoms with Crippen LogP contribution in [-0.2, 0) is 0 Å². The van der Waals surface area contributed by atoms with Crippen LogP contribution in [0, 0.1) is 5.41 Å². The molecule has 1 aromatic heterocycles. The number of para-hydroxylation sites is 2. The van der Waals surface area contributed by atoms with Gasteiger partial charge in [-0.3, -0.25) is 4.98 Å². The van der Waals surface area contributed by atoms with Crippen LogP contribution in [0.1, 0.15) is 32.6 Å². The average Bonchev–Trinajstić information content (AvgIpc) is 3.17. The predicted molar refractivity (Wildman–Crippen MR) is 74.6 cm³/mol. The zero-order valence-electron chi connectivity index (χ0n) is 10.8. The first-order chi connectivity index (χ1) is 8.81. The van der Waals surface area contributed by atoms with Gasteiger partial charge in [-0.25, -0.2) is 4.98 Å². The number of hydrogen-bond donors (Lipinski definition) is 1. The number of benzene rings is 1. The third kappa shape index (κ3) is 2.30. The van der Waals surface area contributed by atoms with Crippen molar-refractivity contribution in [2.24, 2.45) is 5.41 Å². The highest BCUT2D eigenvalue weighted by molar-refractivity contribution is 5.75. The van der Waals surface area contributed by atoms with Crippen LogP contribution >= 0.6 is 0 Å². The van der Waals surface area contributed by atoms with Crippen LogP contribution in [0.3, 0.4) is 0 Å². The minimum Gasteiger partial charge on any atom is -0.368 e. The second-order valence-corrected chi connectivity index (χ2v) is 5.35. The van der Waals surface area contributed by atoms with Gasteiger partial charge in [0.1, 0.15) is 5.82 Å². The fraction of sp³-hybridized carbons (Fsp3) is 0.467. The summed E-state index contributed by atoms with van der Waals surface area (Å²) in [6.07, 6.45) is 7.14. The van der Waals surface area contributed by atoms with Gasteiger partial charge in [0.25, 0.3) is 0 Å². The van der Waals surface area contributed by atoms with Gasteiger partial charge in [-0.05, 0) is 36.8 Å². The molecule has 0 radical (unpaired) electrons. The molecule has 0 aliphatic heterocycles. The van der Waals surface area contributed by atoms with Gasteiger partial charge in [0.2, 0.25) is 0 Å². The van der Waals surface area contributed by atoms with E-state index in [1.165, 1.54) is 25.7 Å². The molecule has 0 spiro atoms. The van der Waals surface area contributed by atoms with E-state index in [-0.39, 0.29) is 0 Å². The first-order valence-corrected chi connectivity index (χ1v) is 6.77. The Morgan fingerprint density at radius 3 is 2.72 bits per heavy atom. The molecule has 1 aliphatic rings. The van der Waals surface area contributed by atoms with Gasteiger partial charge in [-0.1, -0.05) is 25.5 Å². The van der Waals surface area contributed by atoms with Gasteiger partial charge in [0.15, 0.2) is 0 Å². The van der Waals surface area contributed by atoms with E-state index < -0.39 is 0 Å². The molecule has 1 aromatic carbocycles. The standard InChI is InChI=1S/C15H19N3/c1-2-7-15(8-9-15)11-17-14-10-16-12-5-3-4-6-13(12)18-14/h3-6,10H,2,7-9,11H2,1H3,(H,17,18). The summed E-state index contributed by atoms with van der Waals surface area (Å²) in [6, 6.07) is 7.99. The minimum absolute atomic E-state index is 0.544. The molecule has 1 aliphatic carbocycles. The van der Waals surface area contributed by atoms with Crippen molar-refractivity contribution in [1.29, 1.82) is 0 Å². The fourth-order valence-corrected chi connectivity index (χ4v) is 2.54. The van der Waals surface area contributed by atoms with Crippen molar-refractivity contribution in [3.8, 4) is 0 Å². The quantitative estimate of drug-likeness (QED) is 0.868. The van der Waals surface area contributed by atoms with E-state index in [9.17, 15) is 0 Å². The van der Waals surface area contributed by atoms with Crippen molar-refractivity contribution >= 4 is 16.9 Å². The molecule has 0 saturated heterocycles. The molecular formula is C15H19N3. The lowest BCUT2D eigenvalue weighted by molar-refractivity contribution is 0.485. The Hall–Kier alpha value is -1.64. The average molecular weight is 241 g/mol. The van der Waals surface area contributed by atoms with Gasteiger partial charge < -0.3 is 5.32 Å². The van der Waals surface area contributed by atoms with E-state index in [1.54, 1.807) is 0 Å². The topological polar surface area (TPSA) is 37.8 Å². The normalized spacial score (nSPS) is 16.7. The molecule has 94 valence electrons. The maximum atomic E-state index is 4.59. The molecule has 0 bridgehead atoms. The third-order valence-electron chi connectivity index (χ3n) is 3.83. The summed E-state index contributed by atoms with van der Waals surface area (Å²) in [4.78, 5) is 9.02. The Labute approximate surface area is 108 Å². The van der Waals surface area contributed by atoms with E-state index in [0.29, 0.717) is 5.41 Å². The van der Waals surface area contributed by atoms with Crippen molar-refractivity contribution < 1.29 is 0 Å². The number of aromatic nitrogens is 2. The number of nitrogens with one attached hydrogen (secondary N) is 1. The number of nitrogens with zero attached hydrogens (tertiary/aromatic N) is 2. The summed E-state index contributed by atoms with van der Waals surface area (Å²) in [5, 5.41) is 3.45. The Kier molecular flexibility index (Phi) is 2.90. The highest BCUT2D eigenvalue weighted by Crippen LogP contribution is 2.49. The van der Waals surface area contributed by atoms with Gasteiger partial charge >= 0.3 is 0 Å². The molecule has 3 rings (SSSR count). The molecule has 1 saturated carbocycles. The van der Waals surface area contributed by atoms with E-state index in [0.717, 1.165) is 23.4 Å². The smallest absolute Gasteiger partial charge is 0.145 e. The third-order valence-corrected chi connectivity index (χ3v) is 3.83. The maximum Gasteiger partial charge on any atom is 0.145 e. The molecule has 3 nitrogen and oxygen atoms in total. The van der Waals surface area contributed by atoms with Crippen LogP contribution < -0.4 is 5.32 Å². The molecule has 1 fully saturated rings. The van der Waals surface area contributed by atoms with Crippen LogP contribution in [-0.4, -0.2) is 16.5 Å². The molecule has 18 heavy (non-hydrogen) atoms. The molecule has 0 atom stereocenters. The summed E-state index contributed by atoms with van der Waals surface area (Å²) in [5.74, 6) is 0.899. The monoisotopic (exact) mass is 241 g/mol. The zero-order chi connectivity index (χ0) is 12.4. The molecule has 1 heterocycles. The van der Waals surface area contributed by atoms with E-state index in [2.05, 4.69) is 22.2 Å². The highest BCUT2D eigenvalue weighted by atomic mass is 15.0. The Morgan fingerprint density at radius 2 is 2.00 bits per heavy atom. The summed E-state index contributed by atoms with van der Waals surface area (Å²) in [6.45, 7) is 3.30. The number of rotatable bonds is 5. The summed E-state index contributed by atoms with van der Waals surface area (Å²) in [5.41, 5.74) is 2.46. The second-order valence-electron chi connectivity index (χ2n) is 5.35. The van der Waals surface area contributed by atoms with Crippen molar-refractivity contribution in [3.63, 3.8) is 0 Å². The fourth-order valence-electron chi connectivity index (χ4n) is 2.54. The lowest BCUT2D eigenvalue weighted by atomic mass is 10.0.